The number of carbonyl (C=O) groups excluding carboxylic acids is 1. The van der Waals surface area contributed by atoms with Gasteiger partial charge in [0.25, 0.3) is 0 Å². The summed E-state index contributed by atoms with van der Waals surface area (Å²) in [6, 6.07) is 11.2. The summed E-state index contributed by atoms with van der Waals surface area (Å²) in [4.78, 5) is 27.9. The van der Waals surface area contributed by atoms with Gasteiger partial charge in [-0.1, -0.05) is 18.2 Å². The largest absolute Gasteiger partial charge is 0.481 e. The number of para-hydroxylation sites is 1. The highest BCUT2D eigenvalue weighted by Crippen LogP contribution is 2.12. The van der Waals surface area contributed by atoms with Gasteiger partial charge in [0.2, 0.25) is 5.91 Å². The number of anilines is 1. The van der Waals surface area contributed by atoms with E-state index in [0.29, 0.717) is 18.7 Å². The van der Waals surface area contributed by atoms with Crippen LogP contribution in [-0.4, -0.2) is 66.1 Å². The van der Waals surface area contributed by atoms with Crippen LogP contribution in [0.5, 0.6) is 0 Å². The van der Waals surface area contributed by atoms with Gasteiger partial charge in [0.1, 0.15) is 0 Å². The van der Waals surface area contributed by atoms with Gasteiger partial charge in [0.05, 0.1) is 12.0 Å². The Balaban J connectivity index is 1.80. The molecule has 1 fully saturated rings. The number of carbonyl (C=O) groups is 2. The van der Waals surface area contributed by atoms with E-state index in [2.05, 4.69) is 21.2 Å². The van der Waals surface area contributed by atoms with Crippen LogP contribution in [0.3, 0.4) is 0 Å². The van der Waals surface area contributed by atoms with Gasteiger partial charge in [-0.3, -0.25) is 19.4 Å². The van der Waals surface area contributed by atoms with Crippen molar-refractivity contribution in [3.8, 4) is 6.07 Å². The second kappa shape index (κ2) is 9.77. The van der Waals surface area contributed by atoms with Crippen LogP contribution in [0.2, 0.25) is 0 Å². The molecule has 25 heavy (non-hydrogen) atoms. The van der Waals surface area contributed by atoms with Crippen molar-refractivity contribution >= 4 is 17.6 Å². The smallest absolute Gasteiger partial charge is 0.308 e. The van der Waals surface area contributed by atoms with E-state index in [9.17, 15) is 14.7 Å². The molecule has 1 atom stereocenters. The summed E-state index contributed by atoms with van der Waals surface area (Å²) in [5, 5.41) is 20.8. The number of nitrogens with zero attached hydrogens (tertiary/aromatic N) is 3. The van der Waals surface area contributed by atoms with Crippen molar-refractivity contribution in [2.75, 3.05) is 44.6 Å². The highest BCUT2D eigenvalue weighted by atomic mass is 16.4. The van der Waals surface area contributed by atoms with E-state index < -0.39 is 11.9 Å². The fraction of sp³-hybridized carbons (Fsp3) is 0.500. The average molecular weight is 344 g/mol. The molecule has 0 aromatic heterocycles. The van der Waals surface area contributed by atoms with Gasteiger partial charge < -0.3 is 10.4 Å². The Morgan fingerprint density at radius 2 is 1.80 bits per heavy atom. The first kappa shape index (κ1) is 18.9. The van der Waals surface area contributed by atoms with Crippen molar-refractivity contribution in [1.29, 1.82) is 5.26 Å². The summed E-state index contributed by atoms with van der Waals surface area (Å²) in [5.74, 6) is -1.96. The average Bonchev–Trinajstić information content (AvgIpc) is 2.61. The first-order chi connectivity index (χ1) is 12.1. The Hall–Kier alpha value is -2.43. The molecule has 0 spiro atoms. The Morgan fingerprint density at radius 3 is 2.40 bits per heavy atom. The third-order valence-corrected chi connectivity index (χ3v) is 4.32. The molecule has 1 aromatic rings. The summed E-state index contributed by atoms with van der Waals surface area (Å²) < 4.78 is 0. The zero-order valence-corrected chi connectivity index (χ0v) is 14.2. The van der Waals surface area contributed by atoms with Gasteiger partial charge in [-0.05, 0) is 12.1 Å². The molecular weight excluding hydrogens is 320 g/mol. The number of nitriles is 1. The zero-order chi connectivity index (χ0) is 18.1. The molecular formula is C18H24N4O3. The monoisotopic (exact) mass is 344 g/mol. The summed E-state index contributed by atoms with van der Waals surface area (Å²) in [7, 11) is 0. The molecule has 0 saturated carbocycles. The van der Waals surface area contributed by atoms with E-state index >= 15 is 0 Å². The lowest BCUT2D eigenvalue weighted by molar-refractivity contribution is -0.144. The number of nitrogens with one attached hydrogen (secondary N) is 1. The third-order valence-electron chi connectivity index (χ3n) is 4.32. The van der Waals surface area contributed by atoms with E-state index in [4.69, 9.17) is 5.26 Å². The Labute approximate surface area is 147 Å². The molecule has 1 amide bonds. The number of hydrogen-bond donors (Lipinski definition) is 2. The number of piperazine rings is 1. The number of hydrogen-bond acceptors (Lipinski definition) is 5. The van der Waals surface area contributed by atoms with Crippen LogP contribution in [0.1, 0.15) is 12.8 Å². The van der Waals surface area contributed by atoms with E-state index in [0.717, 1.165) is 32.7 Å². The third kappa shape index (κ3) is 6.53. The second-order valence-electron chi connectivity index (χ2n) is 6.20. The second-order valence-corrected chi connectivity index (χ2v) is 6.20. The molecule has 1 aliphatic heterocycles. The van der Waals surface area contributed by atoms with Crippen LogP contribution < -0.4 is 5.32 Å². The quantitative estimate of drug-likeness (QED) is 0.737. The zero-order valence-electron chi connectivity index (χ0n) is 14.2. The highest BCUT2D eigenvalue weighted by molar-refractivity contribution is 5.93. The van der Waals surface area contributed by atoms with Crippen molar-refractivity contribution in [2.45, 2.75) is 12.8 Å². The number of carboxylic acid groups (broad SMARTS) is 1. The Morgan fingerprint density at radius 1 is 1.16 bits per heavy atom. The van der Waals surface area contributed by atoms with Crippen LogP contribution in [0.4, 0.5) is 5.69 Å². The van der Waals surface area contributed by atoms with E-state index in [-0.39, 0.29) is 12.3 Å². The summed E-state index contributed by atoms with van der Waals surface area (Å²) in [6.45, 7) is 4.29. The number of rotatable bonds is 8. The molecule has 0 bridgehead atoms. The topological polar surface area (TPSA) is 96.7 Å². The highest BCUT2D eigenvalue weighted by Gasteiger charge is 2.26. The molecule has 0 radical (unpaired) electrons. The maximum atomic E-state index is 12.1. The number of carboxylic acids is 1. The lowest BCUT2D eigenvalue weighted by Crippen LogP contribution is -2.48. The molecule has 0 unspecified atom stereocenters. The van der Waals surface area contributed by atoms with Crippen molar-refractivity contribution in [3.05, 3.63) is 30.3 Å². The molecule has 134 valence electrons. The molecule has 0 aliphatic carbocycles. The molecule has 1 aliphatic rings. The summed E-state index contributed by atoms with van der Waals surface area (Å²) in [6.07, 6.45) is 0.469. The van der Waals surface area contributed by atoms with Crippen molar-refractivity contribution in [3.63, 3.8) is 0 Å². The number of benzene rings is 1. The fourth-order valence-corrected chi connectivity index (χ4v) is 2.90. The van der Waals surface area contributed by atoms with Crippen molar-refractivity contribution in [1.82, 2.24) is 9.80 Å². The molecule has 1 saturated heterocycles. The molecule has 2 N–H and O–H groups in total. The van der Waals surface area contributed by atoms with Crippen LogP contribution in [0, 0.1) is 17.2 Å². The molecule has 1 aromatic carbocycles. The normalized spacial score (nSPS) is 16.8. The first-order valence-corrected chi connectivity index (χ1v) is 8.48. The minimum Gasteiger partial charge on any atom is -0.481 e. The fourth-order valence-electron chi connectivity index (χ4n) is 2.90. The minimum atomic E-state index is -0.949. The van der Waals surface area contributed by atoms with E-state index in [1.807, 2.05) is 18.2 Å². The lowest BCUT2D eigenvalue weighted by Gasteiger charge is -2.35. The summed E-state index contributed by atoms with van der Waals surface area (Å²) in [5.41, 5.74) is 0.669. The van der Waals surface area contributed by atoms with Crippen molar-refractivity contribution < 1.29 is 14.7 Å². The Kier molecular flexibility index (Phi) is 7.38. The first-order valence-electron chi connectivity index (χ1n) is 8.48. The van der Waals surface area contributed by atoms with Crippen LogP contribution in [0.15, 0.2) is 30.3 Å². The van der Waals surface area contributed by atoms with E-state index in [1.54, 1.807) is 12.1 Å². The SMILES string of the molecule is N#CCCN1CCN(C[C@H](CC(=O)Nc2ccccc2)C(=O)O)CC1. The van der Waals surface area contributed by atoms with Crippen LogP contribution >= 0.6 is 0 Å². The van der Waals surface area contributed by atoms with Gasteiger partial charge in [-0.2, -0.15) is 5.26 Å². The maximum Gasteiger partial charge on any atom is 0.308 e. The standard InChI is InChI=1S/C18H24N4O3/c19-7-4-8-21-9-11-22(12-10-21)14-15(18(24)25)13-17(23)20-16-5-2-1-3-6-16/h1-3,5-6,15H,4,8-14H2,(H,20,23)(H,24,25)/t15-/m0/s1. The molecule has 7 heteroatoms. The van der Waals surface area contributed by atoms with Gasteiger partial charge in [-0.15, -0.1) is 0 Å². The lowest BCUT2D eigenvalue weighted by atomic mass is 10.0. The molecule has 7 nitrogen and oxygen atoms in total. The maximum absolute atomic E-state index is 12.1. The predicted octanol–water partition coefficient (Wildman–Crippen LogP) is 1.25. The molecule has 2 rings (SSSR count). The predicted molar refractivity (Wildman–Crippen MR) is 93.9 cm³/mol. The molecule has 1 heterocycles. The minimum absolute atomic E-state index is 0.0428. The number of amides is 1. The number of aliphatic carboxylic acids is 1. The Bertz CT molecular complexity index is 606. The van der Waals surface area contributed by atoms with Gasteiger partial charge in [0, 0.05) is 57.8 Å². The van der Waals surface area contributed by atoms with E-state index in [1.165, 1.54) is 0 Å². The van der Waals surface area contributed by atoms with Crippen LogP contribution in [0.25, 0.3) is 0 Å². The van der Waals surface area contributed by atoms with Gasteiger partial charge >= 0.3 is 5.97 Å². The van der Waals surface area contributed by atoms with Gasteiger partial charge in [0.15, 0.2) is 0 Å². The van der Waals surface area contributed by atoms with Crippen LogP contribution in [-0.2, 0) is 9.59 Å². The summed E-state index contributed by atoms with van der Waals surface area (Å²) >= 11 is 0. The van der Waals surface area contributed by atoms with Gasteiger partial charge in [-0.25, -0.2) is 0 Å². The van der Waals surface area contributed by atoms with Crippen molar-refractivity contribution in [2.24, 2.45) is 5.92 Å².